The van der Waals surface area contributed by atoms with Gasteiger partial charge < -0.3 is 15.4 Å². The molecular formula is C10H17N3OS2. The van der Waals surface area contributed by atoms with E-state index in [1.165, 1.54) is 16.5 Å². The Bertz CT molecular complexity index is 369. The molecule has 6 heteroatoms. The lowest BCUT2D eigenvalue weighted by molar-refractivity contribution is 0.0345. The summed E-state index contributed by atoms with van der Waals surface area (Å²) in [6.45, 7) is 5.96. The molecule has 1 aromatic heterocycles. The maximum atomic E-state index is 5.86. The van der Waals surface area contributed by atoms with Crippen LogP contribution in [-0.4, -0.2) is 35.9 Å². The van der Waals surface area contributed by atoms with Crippen molar-refractivity contribution < 1.29 is 4.74 Å². The average Bonchev–Trinajstić information content (AvgIpc) is 2.63. The molecule has 90 valence electrons. The topological polar surface area (TPSA) is 51.4 Å². The SMILES string of the molecule is CSc1c(N)nsc1N1CC(C)OCC1C. The molecule has 16 heavy (non-hydrogen) atoms. The number of hydrogen-bond acceptors (Lipinski definition) is 6. The fourth-order valence-corrected chi connectivity index (χ4v) is 3.64. The third-order valence-corrected chi connectivity index (χ3v) is 4.57. The predicted molar refractivity (Wildman–Crippen MR) is 70.5 cm³/mol. The van der Waals surface area contributed by atoms with Crippen molar-refractivity contribution in [3.8, 4) is 0 Å². The van der Waals surface area contributed by atoms with Crippen molar-refractivity contribution in [2.75, 3.05) is 30.0 Å². The number of nitrogen functional groups attached to an aromatic ring is 1. The number of thioether (sulfide) groups is 1. The number of anilines is 2. The lowest BCUT2D eigenvalue weighted by Crippen LogP contribution is -2.47. The van der Waals surface area contributed by atoms with Gasteiger partial charge in [0, 0.05) is 6.54 Å². The lowest BCUT2D eigenvalue weighted by Gasteiger charge is -2.37. The minimum Gasteiger partial charge on any atom is -0.382 e. The van der Waals surface area contributed by atoms with Crippen LogP contribution in [0.4, 0.5) is 10.8 Å². The van der Waals surface area contributed by atoms with Crippen molar-refractivity contribution in [1.29, 1.82) is 0 Å². The zero-order valence-corrected chi connectivity index (χ0v) is 11.4. The number of hydrogen-bond donors (Lipinski definition) is 1. The summed E-state index contributed by atoms with van der Waals surface area (Å²) in [5.74, 6) is 0.652. The number of aromatic nitrogens is 1. The van der Waals surface area contributed by atoms with Crippen LogP contribution in [0.2, 0.25) is 0 Å². The molecule has 1 saturated heterocycles. The molecule has 0 amide bonds. The molecule has 0 aromatic carbocycles. The van der Waals surface area contributed by atoms with Crippen LogP contribution in [0.15, 0.2) is 4.90 Å². The van der Waals surface area contributed by atoms with E-state index in [9.17, 15) is 0 Å². The molecular weight excluding hydrogens is 242 g/mol. The highest BCUT2D eigenvalue weighted by atomic mass is 32.2. The molecule has 0 bridgehead atoms. The van der Waals surface area contributed by atoms with Gasteiger partial charge in [0.25, 0.3) is 0 Å². The van der Waals surface area contributed by atoms with E-state index < -0.39 is 0 Å². The summed E-state index contributed by atoms with van der Waals surface area (Å²) >= 11 is 3.15. The molecule has 2 heterocycles. The fraction of sp³-hybridized carbons (Fsp3) is 0.700. The van der Waals surface area contributed by atoms with Crippen LogP contribution >= 0.6 is 23.3 Å². The average molecular weight is 259 g/mol. The largest absolute Gasteiger partial charge is 0.382 e. The first-order valence-electron chi connectivity index (χ1n) is 5.30. The van der Waals surface area contributed by atoms with Crippen LogP contribution in [0.25, 0.3) is 0 Å². The molecule has 0 saturated carbocycles. The highest BCUT2D eigenvalue weighted by Crippen LogP contribution is 2.39. The Morgan fingerprint density at radius 3 is 3.00 bits per heavy atom. The molecule has 0 aliphatic carbocycles. The molecule has 1 aromatic rings. The molecule has 1 aliphatic heterocycles. The van der Waals surface area contributed by atoms with Crippen LogP contribution in [-0.2, 0) is 4.74 Å². The lowest BCUT2D eigenvalue weighted by atomic mass is 10.2. The smallest absolute Gasteiger partial charge is 0.153 e. The van der Waals surface area contributed by atoms with Gasteiger partial charge in [-0.2, -0.15) is 4.37 Å². The van der Waals surface area contributed by atoms with Crippen molar-refractivity contribution in [3.05, 3.63) is 0 Å². The van der Waals surface area contributed by atoms with Gasteiger partial charge in [0.1, 0.15) is 5.00 Å². The first kappa shape index (κ1) is 12.0. The summed E-state index contributed by atoms with van der Waals surface area (Å²) in [4.78, 5) is 3.46. The molecule has 2 N–H and O–H groups in total. The first-order valence-corrected chi connectivity index (χ1v) is 7.30. The maximum absolute atomic E-state index is 5.86. The van der Waals surface area contributed by atoms with Crippen molar-refractivity contribution in [2.24, 2.45) is 0 Å². The van der Waals surface area contributed by atoms with Gasteiger partial charge in [0.05, 0.1) is 23.6 Å². The quantitative estimate of drug-likeness (QED) is 0.824. The van der Waals surface area contributed by atoms with Crippen LogP contribution in [0.5, 0.6) is 0 Å². The van der Waals surface area contributed by atoms with Gasteiger partial charge >= 0.3 is 0 Å². The van der Waals surface area contributed by atoms with Crippen molar-refractivity contribution in [1.82, 2.24) is 4.37 Å². The van der Waals surface area contributed by atoms with E-state index in [1.807, 2.05) is 6.26 Å². The zero-order chi connectivity index (χ0) is 11.7. The summed E-state index contributed by atoms with van der Waals surface area (Å²) in [6, 6.07) is 0.391. The number of rotatable bonds is 2. The van der Waals surface area contributed by atoms with Gasteiger partial charge in [-0.05, 0) is 31.6 Å². The van der Waals surface area contributed by atoms with E-state index in [2.05, 4.69) is 23.1 Å². The number of nitrogens with two attached hydrogens (primary N) is 1. The first-order chi connectivity index (χ1) is 7.63. The molecule has 2 rings (SSSR count). The Balaban J connectivity index is 2.27. The Morgan fingerprint density at radius 1 is 1.56 bits per heavy atom. The Morgan fingerprint density at radius 2 is 2.31 bits per heavy atom. The predicted octanol–water partition coefficient (Wildman–Crippen LogP) is 2.06. The third kappa shape index (κ3) is 2.14. The van der Waals surface area contributed by atoms with E-state index in [1.54, 1.807) is 11.8 Å². The summed E-state index contributed by atoms with van der Waals surface area (Å²) < 4.78 is 9.86. The molecule has 4 nitrogen and oxygen atoms in total. The standard InChI is InChI=1S/C10H17N3OS2/c1-6-5-14-7(2)4-13(6)10-8(15-3)9(11)12-16-10/h6-7H,4-5H2,1-3H3,(H2,11,12). The van der Waals surface area contributed by atoms with Crippen molar-refractivity contribution in [2.45, 2.75) is 30.9 Å². The summed E-state index contributed by atoms with van der Waals surface area (Å²) in [7, 11) is 0. The van der Waals surface area contributed by atoms with Crippen molar-refractivity contribution in [3.63, 3.8) is 0 Å². The van der Waals surface area contributed by atoms with Gasteiger partial charge in [-0.1, -0.05) is 0 Å². The number of morpholine rings is 1. The van der Waals surface area contributed by atoms with Gasteiger partial charge in [0.2, 0.25) is 0 Å². The normalized spacial score (nSPS) is 26.1. The van der Waals surface area contributed by atoms with Crippen LogP contribution in [0.1, 0.15) is 13.8 Å². The summed E-state index contributed by atoms with van der Waals surface area (Å²) in [6.07, 6.45) is 2.31. The van der Waals surface area contributed by atoms with Crippen LogP contribution in [0.3, 0.4) is 0 Å². The monoisotopic (exact) mass is 259 g/mol. The second-order valence-electron chi connectivity index (χ2n) is 4.05. The summed E-state index contributed by atoms with van der Waals surface area (Å²) in [5.41, 5.74) is 5.86. The highest BCUT2D eigenvalue weighted by Gasteiger charge is 2.27. The van der Waals surface area contributed by atoms with Gasteiger partial charge in [-0.25, -0.2) is 0 Å². The van der Waals surface area contributed by atoms with E-state index in [0.717, 1.165) is 18.0 Å². The third-order valence-electron chi connectivity index (χ3n) is 2.73. The molecule has 2 unspecified atom stereocenters. The minimum absolute atomic E-state index is 0.272. The Labute approximate surface area is 104 Å². The van der Waals surface area contributed by atoms with Gasteiger partial charge in [-0.3, -0.25) is 0 Å². The molecule has 0 spiro atoms. The van der Waals surface area contributed by atoms with E-state index >= 15 is 0 Å². The molecule has 2 atom stereocenters. The van der Waals surface area contributed by atoms with E-state index in [4.69, 9.17) is 10.5 Å². The Kier molecular flexibility index (Phi) is 3.61. The minimum atomic E-state index is 0.272. The van der Waals surface area contributed by atoms with Crippen LogP contribution < -0.4 is 10.6 Å². The molecule has 1 fully saturated rings. The van der Waals surface area contributed by atoms with Gasteiger partial charge in [-0.15, -0.1) is 11.8 Å². The molecule has 0 radical (unpaired) electrons. The van der Waals surface area contributed by atoms with Crippen LogP contribution in [0, 0.1) is 0 Å². The van der Waals surface area contributed by atoms with Crippen molar-refractivity contribution >= 4 is 34.1 Å². The second-order valence-corrected chi connectivity index (χ2v) is 5.62. The Hall–Kier alpha value is -0.460. The van der Waals surface area contributed by atoms with E-state index in [0.29, 0.717) is 11.9 Å². The number of ether oxygens (including phenoxy) is 1. The highest BCUT2D eigenvalue weighted by molar-refractivity contribution is 7.99. The second kappa shape index (κ2) is 4.81. The molecule has 1 aliphatic rings. The van der Waals surface area contributed by atoms with E-state index in [-0.39, 0.29) is 6.10 Å². The number of nitrogens with zero attached hydrogens (tertiary/aromatic N) is 2. The fourth-order valence-electron chi connectivity index (χ4n) is 1.85. The van der Waals surface area contributed by atoms with Gasteiger partial charge in [0.15, 0.2) is 5.82 Å². The summed E-state index contributed by atoms with van der Waals surface area (Å²) in [5, 5.41) is 1.19. The maximum Gasteiger partial charge on any atom is 0.153 e. The zero-order valence-electron chi connectivity index (χ0n) is 9.77.